The van der Waals surface area contributed by atoms with Crippen molar-refractivity contribution in [2.45, 2.75) is 17.9 Å². The lowest BCUT2D eigenvalue weighted by Crippen LogP contribution is -2.36. The van der Waals surface area contributed by atoms with Gasteiger partial charge < -0.3 is 4.74 Å². The number of hydrogen-bond acceptors (Lipinski definition) is 6. The van der Waals surface area contributed by atoms with Crippen LogP contribution in [0.15, 0.2) is 59.5 Å². The van der Waals surface area contributed by atoms with E-state index in [1.54, 1.807) is 37.3 Å². The number of nitrogens with zero attached hydrogens (tertiary/aromatic N) is 2. The van der Waals surface area contributed by atoms with Gasteiger partial charge in [0.2, 0.25) is 10.0 Å². The van der Waals surface area contributed by atoms with Gasteiger partial charge in [-0.3, -0.25) is 10.1 Å². The highest BCUT2D eigenvalue weighted by Crippen LogP contribution is 2.28. The van der Waals surface area contributed by atoms with Crippen LogP contribution in [0.4, 0.5) is 5.69 Å². The molecular weight excluding hydrogens is 360 g/mol. The molecular formula is C17H18N2O6S. The highest BCUT2D eigenvalue weighted by atomic mass is 32.2. The third-order valence-corrected chi connectivity index (χ3v) is 5.55. The average molecular weight is 378 g/mol. The van der Waals surface area contributed by atoms with Gasteiger partial charge in [0.05, 0.1) is 16.4 Å². The maximum atomic E-state index is 12.9. The molecule has 2 rings (SSSR count). The first-order valence-electron chi connectivity index (χ1n) is 7.73. The molecule has 2 aromatic carbocycles. The summed E-state index contributed by atoms with van der Waals surface area (Å²) in [5, 5.41) is 10.7. The van der Waals surface area contributed by atoms with Crippen LogP contribution in [0.1, 0.15) is 18.5 Å². The molecule has 0 aromatic heterocycles. The van der Waals surface area contributed by atoms with E-state index >= 15 is 0 Å². The molecule has 0 amide bonds. The van der Waals surface area contributed by atoms with Gasteiger partial charge in [0.25, 0.3) is 5.69 Å². The Hall–Kier alpha value is -2.78. The highest BCUT2D eigenvalue weighted by Gasteiger charge is 2.35. The van der Waals surface area contributed by atoms with Crippen molar-refractivity contribution in [1.82, 2.24) is 4.31 Å². The van der Waals surface area contributed by atoms with Crippen molar-refractivity contribution in [2.75, 3.05) is 13.7 Å². The summed E-state index contributed by atoms with van der Waals surface area (Å²) in [5.41, 5.74) is 0.232. The molecule has 8 nitrogen and oxygen atoms in total. The maximum absolute atomic E-state index is 12.9. The van der Waals surface area contributed by atoms with Crippen LogP contribution < -0.4 is 0 Å². The van der Waals surface area contributed by atoms with Crippen LogP contribution in [0.5, 0.6) is 0 Å². The quantitative estimate of drug-likeness (QED) is 0.416. The van der Waals surface area contributed by atoms with E-state index in [4.69, 9.17) is 4.74 Å². The van der Waals surface area contributed by atoms with Crippen LogP contribution >= 0.6 is 0 Å². The van der Waals surface area contributed by atoms with E-state index in [-0.39, 0.29) is 17.2 Å². The Bertz CT molecular complexity index is 881. The third kappa shape index (κ3) is 4.06. The topological polar surface area (TPSA) is 107 Å². The number of nitro benzene ring substituents is 1. The van der Waals surface area contributed by atoms with Crippen molar-refractivity contribution in [1.29, 1.82) is 0 Å². The largest absolute Gasteiger partial charge is 0.465 e. The smallest absolute Gasteiger partial charge is 0.329 e. The second kappa shape index (κ2) is 8.07. The first-order valence-corrected chi connectivity index (χ1v) is 9.17. The van der Waals surface area contributed by atoms with Crippen molar-refractivity contribution in [2.24, 2.45) is 0 Å². The zero-order chi connectivity index (χ0) is 19.3. The van der Waals surface area contributed by atoms with Gasteiger partial charge in [0.15, 0.2) is 0 Å². The third-order valence-electron chi connectivity index (χ3n) is 3.71. The van der Waals surface area contributed by atoms with Crippen molar-refractivity contribution in [3.63, 3.8) is 0 Å². The minimum absolute atomic E-state index is 0.105. The molecule has 0 saturated heterocycles. The number of benzene rings is 2. The summed E-state index contributed by atoms with van der Waals surface area (Å²) in [6, 6.07) is 11.7. The summed E-state index contributed by atoms with van der Waals surface area (Å²) < 4.78 is 31.7. The van der Waals surface area contributed by atoms with Gasteiger partial charge in [0.1, 0.15) is 6.04 Å². The lowest BCUT2D eigenvalue weighted by Gasteiger charge is -2.26. The zero-order valence-corrected chi connectivity index (χ0v) is 15.0. The molecule has 1 atom stereocenters. The number of esters is 1. The van der Waals surface area contributed by atoms with Crippen LogP contribution in [0, 0.1) is 10.1 Å². The summed E-state index contributed by atoms with van der Waals surface area (Å²) in [4.78, 5) is 22.3. The fourth-order valence-corrected chi connectivity index (χ4v) is 3.69. The van der Waals surface area contributed by atoms with Crippen LogP contribution in [0.3, 0.4) is 0 Å². The van der Waals surface area contributed by atoms with Gasteiger partial charge in [-0.05, 0) is 24.6 Å². The number of ether oxygens (including phenoxy) is 1. The molecule has 138 valence electrons. The van der Waals surface area contributed by atoms with Gasteiger partial charge >= 0.3 is 5.97 Å². The Labute approximate surface area is 151 Å². The standard InChI is InChI=1S/C17H18N2O6S/c1-3-25-17(20)16(13-7-5-4-6-8-13)18(2)26(23,24)15-11-9-14(10-12-15)19(21)22/h4-12,16H,3H2,1-2H3. The molecule has 26 heavy (non-hydrogen) atoms. The Morgan fingerprint density at radius 3 is 2.23 bits per heavy atom. The molecule has 9 heteroatoms. The normalized spacial score (nSPS) is 12.6. The molecule has 0 bridgehead atoms. The first kappa shape index (κ1) is 19.5. The van der Waals surface area contributed by atoms with Crippen LogP contribution in [0.25, 0.3) is 0 Å². The van der Waals surface area contributed by atoms with Gasteiger partial charge in [-0.15, -0.1) is 0 Å². The van der Waals surface area contributed by atoms with Gasteiger partial charge in [-0.1, -0.05) is 30.3 Å². The second-order valence-electron chi connectivity index (χ2n) is 5.34. The molecule has 0 radical (unpaired) electrons. The SMILES string of the molecule is CCOC(=O)C(c1ccccc1)N(C)S(=O)(=O)c1ccc([N+](=O)[O-])cc1. The van der Waals surface area contributed by atoms with Crippen LogP contribution in [-0.2, 0) is 19.6 Å². The number of hydrogen-bond donors (Lipinski definition) is 0. The van der Waals surface area contributed by atoms with Crippen molar-refractivity contribution >= 4 is 21.7 Å². The fraction of sp³-hybridized carbons (Fsp3) is 0.235. The van der Waals surface area contributed by atoms with Gasteiger partial charge in [-0.2, -0.15) is 4.31 Å². The van der Waals surface area contributed by atoms with E-state index in [9.17, 15) is 23.3 Å². The number of carbonyl (C=O) groups is 1. The molecule has 2 aromatic rings. The lowest BCUT2D eigenvalue weighted by atomic mass is 10.1. The first-order chi connectivity index (χ1) is 12.3. The predicted molar refractivity (Wildman–Crippen MR) is 93.9 cm³/mol. The molecule has 0 heterocycles. The number of non-ortho nitro benzene ring substituents is 1. The van der Waals surface area contributed by atoms with Gasteiger partial charge in [-0.25, -0.2) is 13.2 Å². The number of rotatable bonds is 7. The Kier molecular flexibility index (Phi) is 6.06. The number of carbonyl (C=O) groups excluding carboxylic acids is 1. The second-order valence-corrected chi connectivity index (χ2v) is 7.34. The van der Waals surface area contributed by atoms with E-state index in [1.165, 1.54) is 7.05 Å². The monoisotopic (exact) mass is 378 g/mol. The van der Waals surface area contributed by atoms with E-state index in [2.05, 4.69) is 0 Å². The van der Waals surface area contributed by atoms with Crippen molar-refractivity contribution in [3.05, 3.63) is 70.3 Å². The molecule has 0 aliphatic heterocycles. The fourth-order valence-electron chi connectivity index (χ4n) is 2.40. The molecule has 1 unspecified atom stereocenters. The Balaban J connectivity index is 2.44. The van der Waals surface area contributed by atoms with E-state index in [0.717, 1.165) is 28.6 Å². The van der Waals surface area contributed by atoms with Crippen LogP contribution in [-0.4, -0.2) is 37.3 Å². The Morgan fingerprint density at radius 1 is 1.15 bits per heavy atom. The Morgan fingerprint density at radius 2 is 1.73 bits per heavy atom. The summed E-state index contributed by atoms with van der Waals surface area (Å²) >= 11 is 0. The molecule has 0 N–H and O–H groups in total. The van der Waals surface area contributed by atoms with Crippen molar-refractivity contribution in [3.8, 4) is 0 Å². The summed E-state index contributed by atoms with van der Waals surface area (Å²) in [6.07, 6.45) is 0. The lowest BCUT2D eigenvalue weighted by molar-refractivity contribution is -0.384. The van der Waals surface area contributed by atoms with E-state index in [1.807, 2.05) is 0 Å². The molecule has 0 aliphatic carbocycles. The summed E-state index contributed by atoms with van der Waals surface area (Å²) in [5.74, 6) is -0.702. The average Bonchev–Trinajstić information content (AvgIpc) is 2.63. The molecule has 0 spiro atoms. The molecule has 0 aliphatic rings. The summed E-state index contributed by atoms with van der Waals surface area (Å²) in [7, 11) is -2.81. The molecule has 0 saturated carbocycles. The molecule has 0 fully saturated rings. The van der Waals surface area contributed by atoms with Crippen LogP contribution in [0.2, 0.25) is 0 Å². The number of nitro groups is 1. The predicted octanol–water partition coefficient (Wildman–Crippen LogP) is 2.52. The minimum Gasteiger partial charge on any atom is -0.465 e. The van der Waals surface area contributed by atoms with Crippen molar-refractivity contribution < 1.29 is 22.9 Å². The summed E-state index contributed by atoms with van der Waals surface area (Å²) in [6.45, 7) is 1.73. The zero-order valence-electron chi connectivity index (χ0n) is 14.2. The number of likely N-dealkylation sites (N-methyl/N-ethyl adjacent to an activating group) is 1. The van der Waals surface area contributed by atoms with E-state index in [0.29, 0.717) is 5.56 Å². The van der Waals surface area contributed by atoms with E-state index < -0.39 is 27.0 Å². The maximum Gasteiger partial charge on any atom is 0.329 e. The number of sulfonamides is 1. The van der Waals surface area contributed by atoms with Gasteiger partial charge in [0, 0.05) is 19.2 Å². The minimum atomic E-state index is -4.08. The highest BCUT2D eigenvalue weighted by molar-refractivity contribution is 7.89.